The summed E-state index contributed by atoms with van der Waals surface area (Å²) in [4.78, 5) is 4.29. The fourth-order valence-corrected chi connectivity index (χ4v) is 1.61. The first kappa shape index (κ1) is 9.95. The molecule has 2 aromatic rings. The Kier molecular flexibility index (Phi) is 2.84. The lowest BCUT2D eigenvalue weighted by molar-refractivity contribution is 0.534. The van der Waals surface area contributed by atoms with E-state index in [1.807, 2.05) is 16.8 Å². The molecule has 0 aromatic carbocycles. The summed E-state index contributed by atoms with van der Waals surface area (Å²) in [5, 5.41) is 0. The van der Waals surface area contributed by atoms with E-state index in [1.54, 1.807) is 18.7 Å². The van der Waals surface area contributed by atoms with E-state index in [1.165, 1.54) is 0 Å². The van der Waals surface area contributed by atoms with E-state index in [0.29, 0.717) is 0 Å². The number of nitrogens with one attached hydrogen (secondary N) is 1. The summed E-state index contributed by atoms with van der Waals surface area (Å²) in [6.07, 6.45) is 6.99. The van der Waals surface area contributed by atoms with E-state index in [0.717, 1.165) is 17.9 Å². The van der Waals surface area contributed by atoms with E-state index in [9.17, 15) is 0 Å². The molecule has 0 spiro atoms. The summed E-state index contributed by atoms with van der Waals surface area (Å²) in [7, 11) is 0. The van der Waals surface area contributed by atoms with Crippen LogP contribution in [0.2, 0.25) is 0 Å². The van der Waals surface area contributed by atoms with Gasteiger partial charge in [0.15, 0.2) is 0 Å². The van der Waals surface area contributed by atoms with Gasteiger partial charge < -0.3 is 8.98 Å². The molecule has 1 atom stereocenters. The van der Waals surface area contributed by atoms with Crippen molar-refractivity contribution in [3.63, 3.8) is 0 Å². The zero-order chi connectivity index (χ0) is 10.7. The molecule has 1 unspecified atom stereocenters. The van der Waals surface area contributed by atoms with Gasteiger partial charge in [-0.05, 0) is 13.0 Å². The molecule has 0 aliphatic rings. The van der Waals surface area contributed by atoms with Crippen LogP contribution in [0.1, 0.15) is 24.4 Å². The Balaban J connectivity index is 2.35. The van der Waals surface area contributed by atoms with Gasteiger partial charge in [0.1, 0.15) is 11.9 Å². The average molecular weight is 206 g/mol. The zero-order valence-electron chi connectivity index (χ0n) is 8.55. The van der Waals surface area contributed by atoms with Crippen LogP contribution >= 0.6 is 0 Å². The topological polar surface area (TPSA) is 69.0 Å². The summed E-state index contributed by atoms with van der Waals surface area (Å²) in [5.41, 5.74) is 3.71. The normalized spacial score (nSPS) is 12.9. The van der Waals surface area contributed by atoms with E-state index in [2.05, 4.69) is 17.3 Å². The van der Waals surface area contributed by atoms with Crippen LogP contribution in [0.4, 0.5) is 0 Å². The van der Waals surface area contributed by atoms with Crippen molar-refractivity contribution in [3.8, 4) is 0 Å². The van der Waals surface area contributed by atoms with Crippen LogP contribution in [0.15, 0.2) is 35.4 Å². The first-order chi connectivity index (χ1) is 7.36. The summed E-state index contributed by atoms with van der Waals surface area (Å²) in [6.45, 7) is 2.93. The van der Waals surface area contributed by atoms with E-state index < -0.39 is 0 Å². The fraction of sp³-hybridized carbons (Fsp3) is 0.300. The fourth-order valence-electron chi connectivity index (χ4n) is 1.61. The summed E-state index contributed by atoms with van der Waals surface area (Å²) in [5.74, 6) is 6.42. The van der Waals surface area contributed by atoms with Gasteiger partial charge in [-0.1, -0.05) is 0 Å². The maximum Gasteiger partial charge on any atom is 0.131 e. The minimum atomic E-state index is -0.126. The van der Waals surface area contributed by atoms with Crippen molar-refractivity contribution in [2.24, 2.45) is 5.84 Å². The zero-order valence-corrected chi connectivity index (χ0v) is 8.55. The number of hydrogen-bond donors (Lipinski definition) is 2. The minimum Gasteiger partial charge on any atom is -0.472 e. The molecule has 0 amide bonds. The Hall–Kier alpha value is -1.59. The second kappa shape index (κ2) is 4.29. The number of rotatable bonds is 4. The number of aromatic nitrogens is 2. The number of furan rings is 1. The molecule has 0 fully saturated rings. The first-order valence-electron chi connectivity index (χ1n) is 4.86. The highest BCUT2D eigenvalue weighted by atomic mass is 16.3. The molecular weight excluding hydrogens is 192 g/mol. The lowest BCUT2D eigenvalue weighted by Gasteiger charge is -2.14. The van der Waals surface area contributed by atoms with Crippen LogP contribution in [0, 0.1) is 0 Å². The highest BCUT2D eigenvalue weighted by Crippen LogP contribution is 2.19. The van der Waals surface area contributed by atoms with E-state index in [-0.39, 0.29) is 6.04 Å². The molecule has 0 aliphatic heterocycles. The van der Waals surface area contributed by atoms with Gasteiger partial charge in [-0.15, -0.1) is 0 Å². The smallest absolute Gasteiger partial charge is 0.131 e. The van der Waals surface area contributed by atoms with Crippen LogP contribution in [0.25, 0.3) is 0 Å². The molecule has 5 heteroatoms. The molecule has 15 heavy (non-hydrogen) atoms. The van der Waals surface area contributed by atoms with Crippen molar-refractivity contribution in [3.05, 3.63) is 42.4 Å². The Morgan fingerprint density at radius 3 is 3.13 bits per heavy atom. The van der Waals surface area contributed by atoms with Gasteiger partial charge in [-0.25, -0.2) is 10.4 Å². The standard InChI is InChI=1S/C10H14N4O/c1-2-14-5-4-12-10(14)9(13-11)8-3-6-15-7-8/h3-7,9,13H,2,11H2,1H3. The summed E-state index contributed by atoms with van der Waals surface area (Å²) >= 11 is 0. The maximum atomic E-state index is 5.53. The predicted octanol–water partition coefficient (Wildman–Crippen LogP) is 1.05. The molecule has 2 rings (SSSR count). The van der Waals surface area contributed by atoms with Crippen molar-refractivity contribution in [2.45, 2.75) is 19.5 Å². The van der Waals surface area contributed by atoms with Gasteiger partial charge in [0.2, 0.25) is 0 Å². The van der Waals surface area contributed by atoms with Crippen LogP contribution in [-0.4, -0.2) is 9.55 Å². The molecule has 5 nitrogen and oxygen atoms in total. The van der Waals surface area contributed by atoms with Gasteiger partial charge >= 0.3 is 0 Å². The monoisotopic (exact) mass is 206 g/mol. The molecule has 2 heterocycles. The Morgan fingerprint density at radius 2 is 2.53 bits per heavy atom. The largest absolute Gasteiger partial charge is 0.472 e. The second-order valence-electron chi connectivity index (χ2n) is 3.23. The Morgan fingerprint density at radius 1 is 1.67 bits per heavy atom. The van der Waals surface area contributed by atoms with Gasteiger partial charge in [-0.2, -0.15) is 0 Å². The van der Waals surface area contributed by atoms with E-state index >= 15 is 0 Å². The minimum absolute atomic E-state index is 0.126. The Bertz CT molecular complexity index is 407. The van der Waals surface area contributed by atoms with Crippen LogP contribution in [0.5, 0.6) is 0 Å². The van der Waals surface area contributed by atoms with Crippen molar-refractivity contribution >= 4 is 0 Å². The summed E-state index contributed by atoms with van der Waals surface area (Å²) < 4.78 is 7.08. The third-order valence-corrected chi connectivity index (χ3v) is 2.39. The molecule has 0 bridgehead atoms. The molecule has 0 aliphatic carbocycles. The molecular formula is C10H14N4O. The van der Waals surface area contributed by atoms with E-state index in [4.69, 9.17) is 10.3 Å². The van der Waals surface area contributed by atoms with Gasteiger partial charge in [0.05, 0.1) is 12.5 Å². The lowest BCUT2D eigenvalue weighted by Crippen LogP contribution is -2.30. The number of nitrogens with zero attached hydrogens (tertiary/aromatic N) is 2. The molecule has 80 valence electrons. The maximum absolute atomic E-state index is 5.53. The molecule has 0 saturated heterocycles. The lowest BCUT2D eigenvalue weighted by atomic mass is 10.1. The molecule has 0 saturated carbocycles. The number of nitrogens with two attached hydrogens (primary N) is 1. The highest BCUT2D eigenvalue weighted by molar-refractivity contribution is 5.20. The van der Waals surface area contributed by atoms with Crippen LogP contribution in [-0.2, 0) is 6.54 Å². The average Bonchev–Trinajstić information content (AvgIpc) is 2.89. The Labute approximate surface area is 87.9 Å². The highest BCUT2D eigenvalue weighted by Gasteiger charge is 2.17. The second-order valence-corrected chi connectivity index (χ2v) is 3.23. The molecule has 3 N–H and O–H groups in total. The SMILES string of the molecule is CCn1ccnc1C(NN)c1ccoc1. The van der Waals surface area contributed by atoms with Crippen LogP contribution in [0.3, 0.4) is 0 Å². The van der Waals surface area contributed by atoms with Crippen molar-refractivity contribution in [1.29, 1.82) is 0 Å². The molecule has 0 radical (unpaired) electrons. The quantitative estimate of drug-likeness (QED) is 0.579. The predicted molar refractivity (Wildman–Crippen MR) is 55.8 cm³/mol. The number of hydrogen-bond acceptors (Lipinski definition) is 4. The van der Waals surface area contributed by atoms with Crippen molar-refractivity contribution in [1.82, 2.24) is 15.0 Å². The molecule has 2 aromatic heterocycles. The third-order valence-electron chi connectivity index (χ3n) is 2.39. The van der Waals surface area contributed by atoms with Gasteiger partial charge in [-0.3, -0.25) is 5.84 Å². The number of hydrazine groups is 1. The van der Waals surface area contributed by atoms with Gasteiger partial charge in [0, 0.05) is 24.5 Å². The number of aryl methyl sites for hydroxylation is 1. The first-order valence-corrected chi connectivity index (χ1v) is 4.86. The number of imidazole rings is 1. The van der Waals surface area contributed by atoms with Crippen molar-refractivity contribution < 1.29 is 4.42 Å². The van der Waals surface area contributed by atoms with Crippen molar-refractivity contribution in [2.75, 3.05) is 0 Å². The summed E-state index contributed by atoms with van der Waals surface area (Å²) in [6, 6.07) is 1.75. The van der Waals surface area contributed by atoms with Gasteiger partial charge in [0.25, 0.3) is 0 Å². The van der Waals surface area contributed by atoms with Crippen LogP contribution < -0.4 is 11.3 Å². The third kappa shape index (κ3) is 1.79.